The Hall–Kier alpha value is -2.28. The van der Waals surface area contributed by atoms with Gasteiger partial charge in [-0.2, -0.15) is 5.26 Å². The Morgan fingerprint density at radius 2 is 2.06 bits per heavy atom. The maximum Gasteiger partial charge on any atom is 0.261 e. The number of hydrogen-bond donors (Lipinski definition) is 2. The van der Waals surface area contributed by atoms with Crippen molar-refractivity contribution in [3.8, 4) is 6.07 Å². The van der Waals surface area contributed by atoms with E-state index in [0.29, 0.717) is 12.2 Å². The molecule has 16 heavy (non-hydrogen) atoms. The maximum atomic E-state index is 10.9. The van der Waals surface area contributed by atoms with Gasteiger partial charge in [-0.15, -0.1) is 0 Å². The number of carbonyl (C=O) groups excluding carboxylic acids is 1. The molecular formula is C12H13N3O. The van der Waals surface area contributed by atoms with Crippen LogP contribution < -0.4 is 11.1 Å². The molecule has 0 bridgehead atoms. The first-order valence-corrected chi connectivity index (χ1v) is 4.83. The van der Waals surface area contributed by atoms with Gasteiger partial charge in [-0.25, -0.2) is 0 Å². The smallest absolute Gasteiger partial charge is 0.261 e. The van der Waals surface area contributed by atoms with Gasteiger partial charge in [0.05, 0.1) is 0 Å². The van der Waals surface area contributed by atoms with Crippen molar-refractivity contribution in [1.29, 1.82) is 5.26 Å². The maximum absolute atomic E-state index is 10.9. The normalized spacial score (nSPS) is 11.2. The van der Waals surface area contributed by atoms with Gasteiger partial charge < -0.3 is 11.1 Å². The van der Waals surface area contributed by atoms with Crippen molar-refractivity contribution in [1.82, 2.24) is 5.32 Å². The minimum atomic E-state index is -0.708. The van der Waals surface area contributed by atoms with Gasteiger partial charge in [-0.1, -0.05) is 30.3 Å². The molecule has 0 aliphatic carbocycles. The molecule has 1 aromatic rings. The zero-order chi connectivity index (χ0) is 12.0. The third-order valence-electron chi connectivity index (χ3n) is 2.13. The number of nitriles is 1. The number of amides is 1. The Morgan fingerprint density at radius 3 is 2.56 bits per heavy atom. The Kier molecular flexibility index (Phi) is 4.10. The van der Waals surface area contributed by atoms with Crippen LogP contribution in [0.2, 0.25) is 0 Å². The van der Waals surface area contributed by atoms with E-state index >= 15 is 0 Å². The number of nitrogens with one attached hydrogen (secondary N) is 1. The second-order valence-electron chi connectivity index (χ2n) is 3.32. The zero-order valence-electron chi connectivity index (χ0n) is 9.03. The van der Waals surface area contributed by atoms with E-state index in [0.717, 1.165) is 5.56 Å². The van der Waals surface area contributed by atoms with Crippen molar-refractivity contribution in [2.45, 2.75) is 13.5 Å². The highest BCUT2D eigenvalue weighted by Gasteiger charge is 2.07. The van der Waals surface area contributed by atoms with Crippen LogP contribution in [-0.4, -0.2) is 5.91 Å². The molecule has 3 N–H and O–H groups in total. The van der Waals surface area contributed by atoms with E-state index < -0.39 is 5.91 Å². The number of primary amides is 1. The molecule has 0 aromatic heterocycles. The SMILES string of the molecule is C/C(NCc1ccccc1)=C(\C#N)C(N)=O. The summed E-state index contributed by atoms with van der Waals surface area (Å²) in [6.07, 6.45) is 0. The van der Waals surface area contributed by atoms with E-state index in [9.17, 15) is 4.79 Å². The highest BCUT2D eigenvalue weighted by atomic mass is 16.1. The van der Waals surface area contributed by atoms with E-state index in [-0.39, 0.29) is 5.57 Å². The number of carbonyl (C=O) groups is 1. The molecule has 4 nitrogen and oxygen atoms in total. The summed E-state index contributed by atoms with van der Waals surface area (Å²) in [4.78, 5) is 10.9. The van der Waals surface area contributed by atoms with Gasteiger partial charge in [0, 0.05) is 12.2 Å². The number of hydrogen-bond acceptors (Lipinski definition) is 3. The molecule has 1 aromatic carbocycles. The number of nitrogens with zero attached hydrogens (tertiary/aromatic N) is 1. The predicted molar refractivity (Wildman–Crippen MR) is 60.8 cm³/mol. The quantitative estimate of drug-likeness (QED) is 0.582. The minimum absolute atomic E-state index is 0.0315. The molecule has 1 rings (SSSR count). The molecule has 0 atom stereocenters. The van der Waals surface area contributed by atoms with Crippen LogP contribution >= 0.6 is 0 Å². The lowest BCUT2D eigenvalue weighted by molar-refractivity contribution is -0.114. The van der Waals surface area contributed by atoms with Crippen LogP contribution in [0.3, 0.4) is 0 Å². The number of allylic oxidation sites excluding steroid dienone is 1. The first kappa shape index (κ1) is 11.8. The van der Waals surface area contributed by atoms with Crippen LogP contribution in [-0.2, 0) is 11.3 Å². The molecule has 0 saturated heterocycles. The molecular weight excluding hydrogens is 202 g/mol. The molecule has 0 aliphatic rings. The predicted octanol–water partition coefficient (Wildman–Crippen LogP) is 1.06. The summed E-state index contributed by atoms with van der Waals surface area (Å²) in [6, 6.07) is 11.5. The van der Waals surface area contributed by atoms with Crippen molar-refractivity contribution in [3.63, 3.8) is 0 Å². The van der Waals surface area contributed by atoms with E-state index in [4.69, 9.17) is 11.0 Å². The van der Waals surface area contributed by atoms with E-state index in [1.807, 2.05) is 30.3 Å². The second-order valence-corrected chi connectivity index (χ2v) is 3.32. The van der Waals surface area contributed by atoms with Gasteiger partial charge in [-0.3, -0.25) is 4.79 Å². The van der Waals surface area contributed by atoms with Crippen LogP contribution in [0, 0.1) is 11.3 Å². The van der Waals surface area contributed by atoms with Crippen LogP contribution in [0.5, 0.6) is 0 Å². The van der Waals surface area contributed by atoms with Crippen molar-refractivity contribution >= 4 is 5.91 Å². The summed E-state index contributed by atoms with van der Waals surface area (Å²) in [5, 5.41) is 11.7. The molecule has 0 saturated carbocycles. The lowest BCUT2D eigenvalue weighted by atomic mass is 10.2. The number of nitrogens with two attached hydrogens (primary N) is 1. The molecule has 0 heterocycles. The first-order chi connectivity index (χ1) is 7.65. The summed E-state index contributed by atoms with van der Waals surface area (Å²) in [5.41, 5.74) is 6.60. The van der Waals surface area contributed by atoms with Gasteiger partial charge in [0.15, 0.2) is 0 Å². The fourth-order valence-electron chi connectivity index (χ4n) is 1.24. The van der Waals surface area contributed by atoms with Crippen LogP contribution in [0.1, 0.15) is 12.5 Å². The van der Waals surface area contributed by atoms with Crippen molar-refractivity contribution in [2.24, 2.45) is 5.73 Å². The largest absolute Gasteiger partial charge is 0.383 e. The standard InChI is InChI=1S/C12H13N3O/c1-9(11(7-13)12(14)16)15-8-10-5-3-2-4-6-10/h2-6,15H,8H2,1H3,(H2,14,16)/b11-9-. The molecule has 82 valence electrons. The monoisotopic (exact) mass is 215 g/mol. The van der Waals surface area contributed by atoms with E-state index in [2.05, 4.69) is 5.32 Å². The summed E-state index contributed by atoms with van der Waals surface area (Å²) in [7, 11) is 0. The highest BCUT2D eigenvalue weighted by molar-refractivity contribution is 5.96. The Balaban J connectivity index is 2.69. The second kappa shape index (κ2) is 5.56. The van der Waals surface area contributed by atoms with Gasteiger partial charge in [0.25, 0.3) is 5.91 Å². The Bertz CT molecular complexity index is 443. The molecule has 0 fully saturated rings. The molecule has 4 heteroatoms. The Morgan fingerprint density at radius 1 is 1.44 bits per heavy atom. The molecule has 0 spiro atoms. The first-order valence-electron chi connectivity index (χ1n) is 4.83. The van der Waals surface area contributed by atoms with Gasteiger partial charge in [0.2, 0.25) is 0 Å². The summed E-state index contributed by atoms with van der Waals surface area (Å²) < 4.78 is 0. The van der Waals surface area contributed by atoms with Crippen LogP contribution in [0.15, 0.2) is 41.6 Å². The van der Waals surface area contributed by atoms with Crippen molar-refractivity contribution < 1.29 is 4.79 Å². The number of benzene rings is 1. The van der Waals surface area contributed by atoms with Gasteiger partial charge >= 0.3 is 0 Å². The van der Waals surface area contributed by atoms with E-state index in [1.54, 1.807) is 13.0 Å². The lowest BCUT2D eigenvalue weighted by Gasteiger charge is -2.07. The average molecular weight is 215 g/mol. The topological polar surface area (TPSA) is 78.9 Å². The third-order valence-corrected chi connectivity index (χ3v) is 2.13. The molecule has 0 aliphatic heterocycles. The van der Waals surface area contributed by atoms with Crippen LogP contribution in [0.4, 0.5) is 0 Å². The van der Waals surface area contributed by atoms with Gasteiger partial charge in [-0.05, 0) is 12.5 Å². The van der Waals surface area contributed by atoms with Crippen molar-refractivity contribution in [3.05, 3.63) is 47.2 Å². The summed E-state index contributed by atoms with van der Waals surface area (Å²) in [6.45, 7) is 2.22. The van der Waals surface area contributed by atoms with Gasteiger partial charge in [0.1, 0.15) is 11.6 Å². The lowest BCUT2D eigenvalue weighted by Crippen LogP contribution is -2.20. The zero-order valence-corrected chi connectivity index (χ0v) is 9.03. The summed E-state index contributed by atoms with van der Waals surface area (Å²) >= 11 is 0. The Labute approximate surface area is 94.4 Å². The molecule has 0 unspecified atom stereocenters. The molecule has 0 radical (unpaired) electrons. The van der Waals surface area contributed by atoms with E-state index in [1.165, 1.54) is 0 Å². The van der Waals surface area contributed by atoms with Crippen LogP contribution in [0.25, 0.3) is 0 Å². The summed E-state index contributed by atoms with van der Waals surface area (Å²) in [5.74, 6) is -0.708. The third kappa shape index (κ3) is 3.14. The fourth-order valence-corrected chi connectivity index (χ4v) is 1.24. The number of rotatable bonds is 4. The highest BCUT2D eigenvalue weighted by Crippen LogP contribution is 2.02. The average Bonchev–Trinajstić information content (AvgIpc) is 2.28. The fraction of sp³-hybridized carbons (Fsp3) is 0.167. The van der Waals surface area contributed by atoms with Crippen molar-refractivity contribution in [2.75, 3.05) is 0 Å². The minimum Gasteiger partial charge on any atom is -0.383 e. The molecule has 1 amide bonds.